The minimum Gasteiger partial charge on any atom is -0.218 e. The highest BCUT2D eigenvalue weighted by Crippen LogP contribution is 2.62. The average molecular weight is 436 g/mol. The van der Waals surface area contributed by atoms with Crippen LogP contribution in [0.4, 0.5) is 0 Å². The molecule has 2 atom stereocenters. The van der Waals surface area contributed by atoms with E-state index in [1.807, 2.05) is 0 Å². The first-order valence-corrected chi connectivity index (χ1v) is 10.8. The van der Waals surface area contributed by atoms with Crippen molar-refractivity contribution in [3.05, 3.63) is 59.7 Å². The van der Waals surface area contributed by atoms with Gasteiger partial charge in [0.2, 0.25) is 9.84 Å². The molecule has 2 saturated carbocycles. The number of hydrogen-bond donors (Lipinski definition) is 0. The van der Waals surface area contributed by atoms with Crippen molar-refractivity contribution >= 4 is 56.2 Å². The molecule has 2 aliphatic carbocycles. The Kier molecular flexibility index (Phi) is 4.14. The second-order valence-electron chi connectivity index (χ2n) is 6.61. The predicted molar refractivity (Wildman–Crippen MR) is 102 cm³/mol. The van der Waals surface area contributed by atoms with E-state index in [0.29, 0.717) is 24.0 Å². The van der Waals surface area contributed by atoms with E-state index in [-0.39, 0.29) is 21.6 Å². The maximum Gasteiger partial charge on any atom is 0.207 e. The maximum atomic E-state index is 13.4. The van der Waals surface area contributed by atoms with E-state index in [4.69, 9.17) is 46.4 Å². The van der Waals surface area contributed by atoms with Crippen LogP contribution in [0.2, 0.25) is 0 Å². The SMILES string of the molecule is O=S(=O)(c1ccccc1[C@H]1CC1(Cl)Cl)c1ccccc1[C@@H]1CC1(Cl)Cl. The molecule has 2 aromatic carbocycles. The second-order valence-corrected chi connectivity index (χ2v) is 11.6. The average Bonchev–Trinajstić information content (AvgIpc) is 3.41. The monoisotopic (exact) mass is 434 g/mol. The minimum atomic E-state index is -3.75. The molecule has 2 nitrogen and oxygen atoms in total. The van der Waals surface area contributed by atoms with Gasteiger partial charge >= 0.3 is 0 Å². The highest BCUT2D eigenvalue weighted by Gasteiger charge is 2.55. The fourth-order valence-corrected chi connectivity index (χ4v) is 6.13. The third-order valence-electron chi connectivity index (χ3n) is 4.82. The van der Waals surface area contributed by atoms with E-state index in [1.165, 1.54) is 0 Å². The summed E-state index contributed by atoms with van der Waals surface area (Å²) in [5.41, 5.74) is 1.31. The van der Waals surface area contributed by atoms with Gasteiger partial charge in [-0.1, -0.05) is 36.4 Å². The lowest BCUT2D eigenvalue weighted by molar-refractivity contribution is 0.593. The van der Waals surface area contributed by atoms with Gasteiger partial charge in [0.1, 0.15) is 8.67 Å². The molecule has 0 heterocycles. The smallest absolute Gasteiger partial charge is 0.207 e. The van der Waals surface area contributed by atoms with E-state index < -0.39 is 18.5 Å². The summed E-state index contributed by atoms with van der Waals surface area (Å²) in [6.45, 7) is 0. The summed E-state index contributed by atoms with van der Waals surface area (Å²) in [5, 5.41) is 0. The Morgan fingerprint density at radius 2 is 1.04 bits per heavy atom. The summed E-state index contributed by atoms with van der Waals surface area (Å²) >= 11 is 24.7. The number of sulfone groups is 1. The third kappa shape index (κ3) is 3.08. The van der Waals surface area contributed by atoms with Crippen molar-refractivity contribution in [3.8, 4) is 0 Å². The quantitative estimate of drug-likeness (QED) is 0.565. The molecule has 0 amide bonds. The molecule has 4 rings (SSSR count). The molecule has 132 valence electrons. The summed E-state index contributed by atoms with van der Waals surface area (Å²) in [6.07, 6.45) is 1.08. The van der Waals surface area contributed by atoms with Crippen molar-refractivity contribution in [2.45, 2.75) is 43.1 Å². The van der Waals surface area contributed by atoms with Crippen molar-refractivity contribution in [3.63, 3.8) is 0 Å². The zero-order chi connectivity index (χ0) is 18.0. The summed E-state index contributed by atoms with van der Waals surface area (Å²) in [6, 6.07) is 13.8. The van der Waals surface area contributed by atoms with Crippen molar-refractivity contribution < 1.29 is 8.42 Å². The number of alkyl halides is 4. The molecular weight excluding hydrogens is 422 g/mol. The van der Waals surface area contributed by atoms with E-state index in [9.17, 15) is 8.42 Å². The van der Waals surface area contributed by atoms with E-state index in [0.717, 1.165) is 0 Å². The molecule has 2 aromatic rings. The molecule has 0 aromatic heterocycles. The van der Waals surface area contributed by atoms with Gasteiger partial charge in [0.15, 0.2) is 0 Å². The second kappa shape index (κ2) is 5.77. The molecule has 25 heavy (non-hydrogen) atoms. The van der Waals surface area contributed by atoms with Crippen LogP contribution in [0.5, 0.6) is 0 Å². The van der Waals surface area contributed by atoms with Crippen LogP contribution in [0, 0.1) is 0 Å². The molecule has 2 aliphatic rings. The number of rotatable bonds is 4. The van der Waals surface area contributed by atoms with Gasteiger partial charge in [-0.05, 0) is 36.1 Å². The van der Waals surface area contributed by atoms with Crippen LogP contribution in [-0.4, -0.2) is 17.1 Å². The largest absolute Gasteiger partial charge is 0.218 e. The molecule has 0 saturated heterocycles. The van der Waals surface area contributed by atoms with Gasteiger partial charge in [0, 0.05) is 11.8 Å². The van der Waals surface area contributed by atoms with Gasteiger partial charge in [0.25, 0.3) is 0 Å². The predicted octanol–water partition coefficient (Wildman–Crippen LogP) is 5.84. The fourth-order valence-electron chi connectivity index (χ4n) is 3.25. The van der Waals surface area contributed by atoms with Crippen molar-refractivity contribution in [1.82, 2.24) is 0 Å². The van der Waals surface area contributed by atoms with Crippen LogP contribution >= 0.6 is 46.4 Å². The Morgan fingerprint density at radius 3 is 1.36 bits per heavy atom. The lowest BCUT2D eigenvalue weighted by Crippen LogP contribution is -2.09. The van der Waals surface area contributed by atoms with Crippen molar-refractivity contribution in [1.29, 1.82) is 0 Å². The van der Waals surface area contributed by atoms with Crippen LogP contribution in [0.3, 0.4) is 0 Å². The lowest BCUT2D eigenvalue weighted by atomic mass is 10.1. The Labute approximate surface area is 167 Å². The van der Waals surface area contributed by atoms with Crippen LogP contribution in [0.15, 0.2) is 58.3 Å². The zero-order valence-electron chi connectivity index (χ0n) is 12.9. The third-order valence-corrected chi connectivity index (χ3v) is 8.39. The zero-order valence-corrected chi connectivity index (χ0v) is 16.8. The van der Waals surface area contributed by atoms with Crippen LogP contribution < -0.4 is 0 Å². The Hall–Kier alpha value is -0.450. The van der Waals surface area contributed by atoms with Gasteiger partial charge in [-0.15, -0.1) is 46.4 Å². The molecule has 2 fully saturated rings. The molecular formula is C18H14Cl4O2S. The Morgan fingerprint density at radius 1 is 0.720 bits per heavy atom. The normalized spacial score (nSPS) is 26.2. The molecule has 0 unspecified atom stereocenters. The molecule has 0 bridgehead atoms. The Balaban J connectivity index is 1.83. The summed E-state index contributed by atoms with van der Waals surface area (Å²) < 4.78 is 25.0. The van der Waals surface area contributed by atoms with Gasteiger partial charge in [0.05, 0.1) is 9.79 Å². The summed E-state index contributed by atoms with van der Waals surface area (Å²) in [4.78, 5) is 0.483. The highest BCUT2D eigenvalue weighted by molar-refractivity contribution is 7.91. The standard InChI is InChI=1S/C18H14Cl4O2S/c19-17(20)9-13(17)11-5-1-3-7-15(11)25(23,24)16-8-4-2-6-12(16)14-10-18(14,21)22/h1-8,13-14H,9-10H2/t13-,14+. The number of halogens is 4. The van der Waals surface area contributed by atoms with Gasteiger partial charge < -0.3 is 0 Å². The first kappa shape index (κ1) is 17.9. The van der Waals surface area contributed by atoms with Crippen LogP contribution in [0.1, 0.15) is 35.8 Å². The molecule has 7 heteroatoms. The van der Waals surface area contributed by atoms with Gasteiger partial charge in [-0.3, -0.25) is 0 Å². The first-order chi connectivity index (χ1) is 11.6. The lowest BCUT2D eigenvalue weighted by Gasteiger charge is -2.14. The van der Waals surface area contributed by atoms with E-state index in [1.54, 1.807) is 48.5 Å². The maximum absolute atomic E-state index is 13.4. The molecule has 0 N–H and O–H groups in total. The molecule has 0 aliphatic heterocycles. The molecule has 0 spiro atoms. The van der Waals surface area contributed by atoms with E-state index >= 15 is 0 Å². The van der Waals surface area contributed by atoms with Gasteiger partial charge in [-0.25, -0.2) is 8.42 Å². The number of benzene rings is 2. The van der Waals surface area contributed by atoms with Crippen molar-refractivity contribution in [2.24, 2.45) is 0 Å². The van der Waals surface area contributed by atoms with Gasteiger partial charge in [-0.2, -0.15) is 0 Å². The van der Waals surface area contributed by atoms with Crippen LogP contribution in [-0.2, 0) is 9.84 Å². The first-order valence-electron chi connectivity index (χ1n) is 7.83. The Bertz CT molecular complexity index is 882. The van der Waals surface area contributed by atoms with E-state index in [2.05, 4.69) is 0 Å². The fraction of sp³-hybridized carbons (Fsp3) is 0.333. The minimum absolute atomic E-state index is 0.185. The van der Waals surface area contributed by atoms with Crippen molar-refractivity contribution in [2.75, 3.05) is 0 Å². The number of hydrogen-bond acceptors (Lipinski definition) is 2. The van der Waals surface area contributed by atoms with Crippen LogP contribution in [0.25, 0.3) is 0 Å². The summed E-state index contributed by atoms with van der Waals surface area (Å²) in [7, 11) is -3.75. The molecule has 0 radical (unpaired) electrons. The summed E-state index contributed by atoms with van der Waals surface area (Å²) in [5.74, 6) is -0.370. The highest BCUT2D eigenvalue weighted by atomic mass is 35.5. The topological polar surface area (TPSA) is 34.1 Å².